The number of nitrogens with zero attached hydrogens (tertiary/aromatic N) is 1. The van der Waals surface area contributed by atoms with Crippen LogP contribution in [0.25, 0.3) is 0 Å². The molecule has 0 saturated carbocycles. The van der Waals surface area contributed by atoms with Gasteiger partial charge in [0, 0.05) is 36.6 Å². The Hall–Kier alpha value is -1.08. The van der Waals surface area contributed by atoms with Crippen molar-refractivity contribution < 1.29 is 13.2 Å². The largest absolute Gasteiger partial charge is 0.314 e. The van der Waals surface area contributed by atoms with Gasteiger partial charge in [-0.1, -0.05) is 11.6 Å². The number of thiophene rings is 1. The summed E-state index contributed by atoms with van der Waals surface area (Å²) < 4.78 is 42.7. The van der Waals surface area contributed by atoms with Gasteiger partial charge in [-0.3, -0.25) is 4.90 Å². The molecule has 2 aromatic rings. The fourth-order valence-corrected chi connectivity index (χ4v) is 3.92. The molecule has 1 atom stereocenters. The van der Waals surface area contributed by atoms with Gasteiger partial charge in [0.25, 0.3) is 0 Å². The predicted molar refractivity (Wildman–Crippen MR) is 81.9 cm³/mol. The van der Waals surface area contributed by atoms with Crippen LogP contribution in [0, 0.1) is 17.5 Å². The molecule has 1 saturated heterocycles. The summed E-state index contributed by atoms with van der Waals surface area (Å²) in [6, 6.07) is 4.54. The van der Waals surface area contributed by atoms with Crippen LogP contribution in [-0.4, -0.2) is 31.1 Å². The SMILES string of the molecule is Fc1ccc(F)c([C@@H](c2ccc(Cl)s2)N2CCNCC2)c1F. The Morgan fingerprint density at radius 1 is 1.05 bits per heavy atom. The van der Waals surface area contributed by atoms with Gasteiger partial charge in [0.1, 0.15) is 5.82 Å². The van der Waals surface area contributed by atoms with Crippen LogP contribution in [0.15, 0.2) is 24.3 Å². The van der Waals surface area contributed by atoms with Crippen molar-refractivity contribution in [3.05, 3.63) is 56.5 Å². The van der Waals surface area contributed by atoms with Crippen LogP contribution in [-0.2, 0) is 0 Å². The van der Waals surface area contributed by atoms with Gasteiger partial charge in [0.15, 0.2) is 11.6 Å². The van der Waals surface area contributed by atoms with Crippen molar-refractivity contribution in [3.63, 3.8) is 0 Å². The average Bonchev–Trinajstić information content (AvgIpc) is 2.94. The first kappa shape index (κ1) is 15.8. The lowest BCUT2D eigenvalue weighted by molar-refractivity contribution is 0.193. The molecule has 0 aliphatic carbocycles. The summed E-state index contributed by atoms with van der Waals surface area (Å²) in [7, 11) is 0. The van der Waals surface area contributed by atoms with E-state index in [1.54, 1.807) is 12.1 Å². The van der Waals surface area contributed by atoms with E-state index in [0.29, 0.717) is 35.4 Å². The fraction of sp³-hybridized carbons (Fsp3) is 0.333. The van der Waals surface area contributed by atoms with Gasteiger partial charge in [0.2, 0.25) is 0 Å². The van der Waals surface area contributed by atoms with Gasteiger partial charge in [-0.15, -0.1) is 11.3 Å². The number of hydrogen-bond acceptors (Lipinski definition) is 3. The number of hydrogen-bond donors (Lipinski definition) is 1. The van der Waals surface area contributed by atoms with Crippen LogP contribution in [0.1, 0.15) is 16.5 Å². The molecule has 0 bridgehead atoms. The number of rotatable bonds is 3. The van der Waals surface area contributed by atoms with Gasteiger partial charge in [-0.25, -0.2) is 13.2 Å². The van der Waals surface area contributed by atoms with Crippen LogP contribution < -0.4 is 5.32 Å². The van der Waals surface area contributed by atoms with Crippen LogP contribution in [0.4, 0.5) is 13.2 Å². The van der Waals surface area contributed by atoms with Gasteiger partial charge in [0.05, 0.1) is 10.4 Å². The summed E-state index contributed by atoms with van der Waals surface area (Å²) in [5.74, 6) is -2.92. The highest BCUT2D eigenvalue weighted by Gasteiger charge is 2.31. The molecule has 1 aliphatic heterocycles. The standard InChI is InChI=1S/C15H14ClF3N2S/c16-12-4-3-11(22-12)15(21-7-5-20-6-8-21)13-9(17)1-2-10(18)14(13)19/h1-4,15,20H,5-8H2/t15-/m1/s1. The molecule has 2 heterocycles. The highest BCUT2D eigenvalue weighted by atomic mass is 35.5. The van der Waals surface area contributed by atoms with E-state index in [-0.39, 0.29) is 5.56 Å². The molecule has 0 amide bonds. The molecule has 0 spiro atoms. The Balaban J connectivity index is 2.11. The van der Waals surface area contributed by atoms with Crippen LogP contribution in [0.2, 0.25) is 4.34 Å². The van der Waals surface area contributed by atoms with Crippen LogP contribution in [0.5, 0.6) is 0 Å². The molecule has 7 heteroatoms. The van der Waals surface area contributed by atoms with E-state index in [4.69, 9.17) is 11.6 Å². The molecule has 0 radical (unpaired) electrons. The third kappa shape index (κ3) is 3.01. The Morgan fingerprint density at radius 2 is 1.73 bits per heavy atom. The van der Waals surface area contributed by atoms with Crippen molar-refractivity contribution in [2.75, 3.05) is 26.2 Å². The van der Waals surface area contributed by atoms with E-state index in [2.05, 4.69) is 5.32 Å². The van der Waals surface area contributed by atoms with E-state index < -0.39 is 23.5 Å². The van der Waals surface area contributed by atoms with Crippen molar-refractivity contribution in [3.8, 4) is 0 Å². The zero-order chi connectivity index (χ0) is 15.7. The molecule has 1 aliphatic rings. The van der Waals surface area contributed by atoms with Crippen molar-refractivity contribution >= 4 is 22.9 Å². The van der Waals surface area contributed by atoms with E-state index in [1.165, 1.54) is 11.3 Å². The van der Waals surface area contributed by atoms with Crippen LogP contribution >= 0.6 is 22.9 Å². The number of halogens is 4. The number of benzene rings is 1. The molecule has 2 nitrogen and oxygen atoms in total. The third-order valence-electron chi connectivity index (χ3n) is 3.73. The van der Waals surface area contributed by atoms with Crippen LogP contribution in [0.3, 0.4) is 0 Å². The van der Waals surface area contributed by atoms with Crippen molar-refractivity contribution in [2.45, 2.75) is 6.04 Å². The summed E-state index contributed by atoms with van der Waals surface area (Å²) in [6.45, 7) is 2.67. The lowest BCUT2D eigenvalue weighted by Gasteiger charge is -2.35. The lowest BCUT2D eigenvalue weighted by Crippen LogP contribution is -2.45. The first-order chi connectivity index (χ1) is 10.6. The third-order valence-corrected chi connectivity index (χ3v) is 5.02. The normalized spacial score (nSPS) is 17.6. The number of piperazine rings is 1. The highest BCUT2D eigenvalue weighted by molar-refractivity contribution is 7.16. The first-order valence-electron chi connectivity index (χ1n) is 6.91. The van der Waals surface area contributed by atoms with Crippen molar-refractivity contribution in [1.29, 1.82) is 0 Å². The second-order valence-corrected chi connectivity index (χ2v) is 6.83. The maximum atomic E-state index is 14.3. The second-order valence-electron chi connectivity index (χ2n) is 5.09. The fourth-order valence-electron chi connectivity index (χ4n) is 2.71. The summed E-state index contributed by atoms with van der Waals surface area (Å²) in [6.07, 6.45) is 0. The Bertz CT molecular complexity index is 671. The molecule has 118 valence electrons. The first-order valence-corrected chi connectivity index (χ1v) is 8.11. The van der Waals surface area contributed by atoms with Crippen molar-refractivity contribution in [1.82, 2.24) is 10.2 Å². The Kier molecular flexibility index (Phi) is 4.73. The van der Waals surface area contributed by atoms with Crippen molar-refractivity contribution in [2.24, 2.45) is 0 Å². The monoisotopic (exact) mass is 346 g/mol. The quantitative estimate of drug-likeness (QED) is 0.850. The maximum Gasteiger partial charge on any atom is 0.166 e. The Labute approximate surface area is 135 Å². The van der Waals surface area contributed by atoms with Gasteiger partial charge in [-0.05, 0) is 24.3 Å². The molecule has 1 aromatic heterocycles. The van der Waals surface area contributed by atoms with E-state index in [1.807, 2.05) is 4.90 Å². The van der Waals surface area contributed by atoms with Gasteiger partial charge < -0.3 is 5.32 Å². The molecule has 1 N–H and O–H groups in total. The minimum atomic E-state index is -1.13. The average molecular weight is 347 g/mol. The predicted octanol–water partition coefficient (Wildman–Crippen LogP) is 3.81. The molecule has 1 aromatic carbocycles. The molecule has 0 unspecified atom stereocenters. The lowest BCUT2D eigenvalue weighted by atomic mass is 10.0. The van der Waals surface area contributed by atoms with E-state index in [9.17, 15) is 13.2 Å². The molecule has 22 heavy (non-hydrogen) atoms. The second kappa shape index (κ2) is 6.58. The molecule has 3 rings (SSSR count). The maximum absolute atomic E-state index is 14.3. The zero-order valence-corrected chi connectivity index (χ0v) is 13.2. The summed E-state index contributed by atoms with van der Waals surface area (Å²) >= 11 is 7.22. The van der Waals surface area contributed by atoms with E-state index in [0.717, 1.165) is 12.1 Å². The Morgan fingerprint density at radius 3 is 2.36 bits per heavy atom. The zero-order valence-electron chi connectivity index (χ0n) is 11.6. The molecular weight excluding hydrogens is 333 g/mol. The van der Waals surface area contributed by atoms with E-state index >= 15 is 0 Å². The summed E-state index contributed by atoms with van der Waals surface area (Å²) in [5, 5.41) is 3.19. The highest BCUT2D eigenvalue weighted by Crippen LogP contribution is 2.38. The summed E-state index contributed by atoms with van der Waals surface area (Å²) in [5.41, 5.74) is -0.250. The van der Waals surface area contributed by atoms with Gasteiger partial charge >= 0.3 is 0 Å². The number of nitrogens with one attached hydrogen (secondary N) is 1. The summed E-state index contributed by atoms with van der Waals surface area (Å²) in [4.78, 5) is 2.65. The minimum absolute atomic E-state index is 0.250. The smallest absolute Gasteiger partial charge is 0.166 e. The topological polar surface area (TPSA) is 15.3 Å². The van der Waals surface area contributed by atoms with Gasteiger partial charge in [-0.2, -0.15) is 0 Å². The molecule has 1 fully saturated rings. The minimum Gasteiger partial charge on any atom is -0.314 e. The molecular formula is C15H14ClF3N2S.